The zero-order valence-corrected chi connectivity index (χ0v) is 14.4. The van der Waals surface area contributed by atoms with Crippen LogP contribution in [-0.4, -0.2) is 27.2 Å². The van der Waals surface area contributed by atoms with Crippen LogP contribution in [-0.2, 0) is 12.8 Å². The second kappa shape index (κ2) is 6.34. The van der Waals surface area contributed by atoms with Gasteiger partial charge in [-0.25, -0.2) is 9.97 Å². The maximum absolute atomic E-state index is 9.33. The predicted molar refractivity (Wildman–Crippen MR) is 96.4 cm³/mol. The van der Waals surface area contributed by atoms with Crippen molar-refractivity contribution >= 4 is 17.4 Å². The first-order valence-electron chi connectivity index (χ1n) is 8.74. The van der Waals surface area contributed by atoms with E-state index in [-0.39, 0.29) is 12.1 Å². The summed E-state index contributed by atoms with van der Waals surface area (Å²) in [6.45, 7) is 0.210. The molecule has 4 nitrogen and oxygen atoms in total. The Hall–Kier alpha value is -1.65. The van der Waals surface area contributed by atoms with Crippen molar-refractivity contribution in [3.05, 3.63) is 40.5 Å². The van der Waals surface area contributed by atoms with Gasteiger partial charge in [0.15, 0.2) is 5.82 Å². The van der Waals surface area contributed by atoms with Crippen LogP contribution in [0, 0.1) is 0 Å². The monoisotopic (exact) mass is 343 g/mol. The lowest BCUT2D eigenvalue weighted by Gasteiger charge is -2.24. The first-order valence-corrected chi connectivity index (χ1v) is 9.12. The number of fused-ring (bicyclic) bond motifs is 1. The Morgan fingerprint density at radius 3 is 2.75 bits per heavy atom. The fourth-order valence-corrected chi connectivity index (χ4v) is 3.70. The number of aryl methyl sites for hydroxylation is 1. The molecule has 1 saturated carbocycles. The summed E-state index contributed by atoms with van der Waals surface area (Å²) in [4.78, 5) is 9.66. The van der Waals surface area contributed by atoms with E-state index in [1.807, 2.05) is 24.3 Å². The van der Waals surface area contributed by atoms with Gasteiger partial charge < -0.3 is 10.4 Å². The standard InChI is InChI=1S/C19H22ClN3O/c20-14-5-3-4-13(12-14)17-21-16-7-2-1-6-15(16)18(22-17)23-19(8-9-19)10-11-24/h3-5,12,24H,1-2,6-11H2,(H,21,22,23). The number of aromatic nitrogens is 2. The normalized spacial score (nSPS) is 18.1. The summed E-state index contributed by atoms with van der Waals surface area (Å²) in [7, 11) is 0. The fourth-order valence-electron chi connectivity index (χ4n) is 3.51. The molecular formula is C19H22ClN3O. The van der Waals surface area contributed by atoms with Gasteiger partial charge in [0.2, 0.25) is 0 Å². The molecular weight excluding hydrogens is 322 g/mol. The molecule has 1 heterocycles. The van der Waals surface area contributed by atoms with Crippen LogP contribution in [0.1, 0.15) is 43.4 Å². The van der Waals surface area contributed by atoms with E-state index >= 15 is 0 Å². The maximum Gasteiger partial charge on any atom is 0.161 e. The third kappa shape index (κ3) is 3.13. The molecule has 0 amide bonds. The van der Waals surface area contributed by atoms with Gasteiger partial charge in [0.1, 0.15) is 5.82 Å². The summed E-state index contributed by atoms with van der Waals surface area (Å²) < 4.78 is 0. The van der Waals surface area contributed by atoms with Crippen LogP contribution in [0.2, 0.25) is 5.02 Å². The van der Waals surface area contributed by atoms with E-state index in [1.54, 1.807) is 0 Å². The van der Waals surface area contributed by atoms with Crippen LogP contribution in [0.5, 0.6) is 0 Å². The van der Waals surface area contributed by atoms with Gasteiger partial charge in [-0.1, -0.05) is 23.7 Å². The molecule has 1 aromatic carbocycles. The number of aliphatic hydroxyl groups is 1. The summed E-state index contributed by atoms with van der Waals surface area (Å²) in [6, 6.07) is 7.71. The molecule has 0 atom stereocenters. The average Bonchev–Trinajstić information content (AvgIpc) is 3.34. The molecule has 4 rings (SSSR count). The number of hydrogen-bond acceptors (Lipinski definition) is 4. The summed E-state index contributed by atoms with van der Waals surface area (Å²) in [5, 5.41) is 13.7. The first kappa shape index (κ1) is 15.9. The lowest BCUT2D eigenvalue weighted by atomic mass is 9.95. The van der Waals surface area contributed by atoms with Gasteiger partial charge in [-0.3, -0.25) is 0 Å². The Morgan fingerprint density at radius 2 is 2.00 bits per heavy atom. The van der Waals surface area contributed by atoms with Crippen molar-refractivity contribution < 1.29 is 5.11 Å². The Labute approximate surface area is 147 Å². The molecule has 2 aromatic rings. The highest BCUT2D eigenvalue weighted by molar-refractivity contribution is 6.30. The second-order valence-corrected chi connectivity index (χ2v) is 7.35. The highest BCUT2D eigenvalue weighted by atomic mass is 35.5. The van der Waals surface area contributed by atoms with E-state index < -0.39 is 0 Å². The molecule has 0 aliphatic heterocycles. The van der Waals surface area contributed by atoms with Crippen molar-refractivity contribution in [1.29, 1.82) is 0 Å². The van der Waals surface area contributed by atoms with E-state index in [0.717, 1.165) is 55.0 Å². The van der Waals surface area contributed by atoms with Crippen molar-refractivity contribution in [2.45, 2.75) is 50.5 Å². The van der Waals surface area contributed by atoms with E-state index in [2.05, 4.69) is 5.32 Å². The highest BCUT2D eigenvalue weighted by Crippen LogP contribution is 2.43. The van der Waals surface area contributed by atoms with Gasteiger partial charge in [0, 0.05) is 34.0 Å². The van der Waals surface area contributed by atoms with Crippen LogP contribution in [0.25, 0.3) is 11.4 Å². The highest BCUT2D eigenvalue weighted by Gasteiger charge is 2.43. The lowest BCUT2D eigenvalue weighted by Crippen LogP contribution is -2.25. The molecule has 0 unspecified atom stereocenters. The van der Waals surface area contributed by atoms with Crippen molar-refractivity contribution in [3.63, 3.8) is 0 Å². The molecule has 0 saturated heterocycles. The summed E-state index contributed by atoms with van der Waals surface area (Å²) in [6.07, 6.45) is 7.38. The van der Waals surface area contributed by atoms with Crippen molar-refractivity contribution in [1.82, 2.24) is 9.97 Å². The molecule has 24 heavy (non-hydrogen) atoms. The Kier molecular flexibility index (Phi) is 4.19. The summed E-state index contributed by atoms with van der Waals surface area (Å²) >= 11 is 6.14. The molecule has 1 aromatic heterocycles. The predicted octanol–water partition coefficient (Wildman–Crippen LogP) is 4.00. The molecule has 126 valence electrons. The SMILES string of the molecule is OCCC1(Nc2nc(-c3cccc(Cl)c3)nc3c2CCCC3)CC1. The molecule has 2 aliphatic rings. The maximum atomic E-state index is 9.33. The topological polar surface area (TPSA) is 58.0 Å². The quantitative estimate of drug-likeness (QED) is 0.861. The molecule has 0 spiro atoms. The number of anilines is 1. The Morgan fingerprint density at radius 1 is 1.17 bits per heavy atom. The van der Waals surface area contributed by atoms with Crippen molar-refractivity contribution in [3.8, 4) is 11.4 Å². The third-order valence-electron chi connectivity index (χ3n) is 5.09. The van der Waals surface area contributed by atoms with E-state index in [9.17, 15) is 5.11 Å². The average molecular weight is 344 g/mol. The summed E-state index contributed by atoms with van der Waals surface area (Å²) in [5.74, 6) is 1.70. The molecule has 0 bridgehead atoms. The zero-order valence-electron chi connectivity index (χ0n) is 13.7. The van der Waals surface area contributed by atoms with E-state index in [1.165, 1.54) is 18.4 Å². The van der Waals surface area contributed by atoms with Crippen molar-refractivity contribution in [2.75, 3.05) is 11.9 Å². The second-order valence-electron chi connectivity index (χ2n) is 6.92. The minimum Gasteiger partial charge on any atom is -0.396 e. The zero-order chi connectivity index (χ0) is 16.6. The number of hydrogen-bond donors (Lipinski definition) is 2. The molecule has 1 fully saturated rings. The number of aliphatic hydroxyl groups excluding tert-OH is 1. The Balaban J connectivity index is 1.75. The van der Waals surface area contributed by atoms with E-state index in [0.29, 0.717) is 5.02 Å². The minimum absolute atomic E-state index is 0.0277. The van der Waals surface area contributed by atoms with Gasteiger partial charge >= 0.3 is 0 Å². The van der Waals surface area contributed by atoms with Gasteiger partial charge in [0.25, 0.3) is 0 Å². The minimum atomic E-state index is 0.0277. The van der Waals surface area contributed by atoms with Gasteiger partial charge in [0.05, 0.1) is 0 Å². The van der Waals surface area contributed by atoms with Crippen LogP contribution in [0.4, 0.5) is 5.82 Å². The fraction of sp³-hybridized carbons (Fsp3) is 0.474. The molecule has 0 radical (unpaired) electrons. The van der Waals surface area contributed by atoms with Gasteiger partial charge in [-0.05, 0) is 57.1 Å². The number of benzene rings is 1. The number of nitrogens with one attached hydrogen (secondary N) is 1. The van der Waals surface area contributed by atoms with E-state index in [4.69, 9.17) is 21.6 Å². The molecule has 5 heteroatoms. The molecule has 2 N–H and O–H groups in total. The molecule has 2 aliphatic carbocycles. The summed E-state index contributed by atoms with van der Waals surface area (Å²) in [5.41, 5.74) is 3.40. The number of rotatable bonds is 5. The largest absolute Gasteiger partial charge is 0.396 e. The smallest absolute Gasteiger partial charge is 0.161 e. The van der Waals surface area contributed by atoms with Crippen LogP contribution >= 0.6 is 11.6 Å². The lowest BCUT2D eigenvalue weighted by molar-refractivity contribution is 0.276. The first-order chi connectivity index (χ1) is 11.7. The van der Waals surface area contributed by atoms with Gasteiger partial charge in [-0.15, -0.1) is 0 Å². The van der Waals surface area contributed by atoms with Crippen molar-refractivity contribution in [2.24, 2.45) is 0 Å². The number of halogens is 1. The van der Waals surface area contributed by atoms with Crippen LogP contribution in [0.3, 0.4) is 0 Å². The Bertz CT molecular complexity index is 758. The van der Waals surface area contributed by atoms with Crippen LogP contribution < -0.4 is 5.32 Å². The van der Waals surface area contributed by atoms with Gasteiger partial charge in [-0.2, -0.15) is 0 Å². The number of nitrogens with zero attached hydrogens (tertiary/aromatic N) is 2. The third-order valence-corrected chi connectivity index (χ3v) is 5.33. The van der Waals surface area contributed by atoms with Crippen LogP contribution in [0.15, 0.2) is 24.3 Å².